The van der Waals surface area contributed by atoms with E-state index in [9.17, 15) is 13.2 Å². The van der Waals surface area contributed by atoms with Crippen LogP contribution >= 0.6 is 0 Å². The number of nitriles is 1. The van der Waals surface area contributed by atoms with Gasteiger partial charge in [0.2, 0.25) is 0 Å². The molecule has 2 aliphatic rings. The van der Waals surface area contributed by atoms with E-state index in [0.29, 0.717) is 17.8 Å². The Morgan fingerprint density at radius 2 is 1.60 bits per heavy atom. The number of allylic oxidation sites excluding steroid dienone is 4. The second kappa shape index (κ2) is 10.8. The quantitative estimate of drug-likeness (QED) is 0.362. The number of halogens is 3. The molecule has 0 bridgehead atoms. The molecule has 3 rings (SSSR count). The van der Waals surface area contributed by atoms with Crippen molar-refractivity contribution in [3.05, 3.63) is 59.7 Å². The minimum absolute atomic E-state index is 0.282. The minimum Gasteiger partial charge on any atom is -0.378 e. The predicted octanol–water partition coefficient (Wildman–Crippen LogP) is 7.19. The molecule has 162 valence electrons. The summed E-state index contributed by atoms with van der Waals surface area (Å²) in [6, 6.07) is 7.66. The first kappa shape index (κ1) is 22.6. The maximum absolute atomic E-state index is 12.7. The Hall–Kier alpha value is -2.06. The van der Waals surface area contributed by atoms with Crippen molar-refractivity contribution in [1.29, 1.82) is 5.26 Å². The number of ether oxygens (including phenoxy) is 1. The van der Waals surface area contributed by atoms with E-state index in [1.54, 1.807) is 18.2 Å². The van der Waals surface area contributed by atoms with E-state index in [1.165, 1.54) is 43.9 Å². The van der Waals surface area contributed by atoms with Crippen molar-refractivity contribution in [2.45, 2.75) is 69.6 Å². The fourth-order valence-electron chi connectivity index (χ4n) is 4.65. The van der Waals surface area contributed by atoms with Crippen LogP contribution in [0.1, 0.15) is 68.4 Å². The summed E-state index contributed by atoms with van der Waals surface area (Å²) in [7, 11) is 0. The molecule has 0 atom stereocenters. The van der Waals surface area contributed by atoms with E-state index in [-0.39, 0.29) is 6.10 Å². The molecular formula is C25H30F3NO. The minimum atomic E-state index is -4.27. The first-order valence-electron chi connectivity index (χ1n) is 11.0. The summed E-state index contributed by atoms with van der Waals surface area (Å²) in [4.78, 5) is 0. The van der Waals surface area contributed by atoms with Gasteiger partial charge in [-0.25, -0.2) is 0 Å². The highest BCUT2D eigenvalue weighted by Gasteiger charge is 2.31. The molecule has 2 saturated carbocycles. The number of benzene rings is 1. The lowest BCUT2D eigenvalue weighted by Gasteiger charge is -2.32. The first-order valence-corrected chi connectivity index (χ1v) is 11.0. The molecule has 0 saturated heterocycles. The van der Waals surface area contributed by atoms with Gasteiger partial charge in [0.25, 0.3) is 0 Å². The molecule has 0 N–H and O–H groups in total. The molecule has 2 nitrogen and oxygen atoms in total. The number of alkyl halides is 3. The lowest BCUT2D eigenvalue weighted by molar-refractivity contribution is -0.137. The third-order valence-electron chi connectivity index (χ3n) is 6.51. The zero-order valence-corrected chi connectivity index (χ0v) is 17.3. The second-order valence-electron chi connectivity index (χ2n) is 8.58. The van der Waals surface area contributed by atoms with Crippen molar-refractivity contribution >= 4 is 0 Å². The standard InChI is InChI=1S/C25H30F3NO/c26-25(27,28)23-13-9-21(10-14-23)22-11-15-24(16-12-22)30-18-20-7-5-19(6-8-20)4-2-1-3-17-29/h1-4,9-10,13-14,19-20,22,24H,5-8,11-12,15-16,18H2/b3-1+,4-2+. The van der Waals surface area contributed by atoms with Crippen molar-refractivity contribution in [1.82, 2.24) is 0 Å². The molecule has 2 aliphatic carbocycles. The van der Waals surface area contributed by atoms with Gasteiger partial charge in [0.05, 0.1) is 17.7 Å². The molecule has 0 aliphatic heterocycles. The smallest absolute Gasteiger partial charge is 0.378 e. The van der Waals surface area contributed by atoms with Gasteiger partial charge in [-0.05, 0) is 86.8 Å². The Morgan fingerprint density at radius 1 is 0.933 bits per heavy atom. The zero-order valence-electron chi connectivity index (χ0n) is 17.3. The second-order valence-corrected chi connectivity index (χ2v) is 8.58. The summed E-state index contributed by atoms with van der Waals surface area (Å²) in [6.07, 6.45) is 12.1. The molecule has 2 fully saturated rings. The van der Waals surface area contributed by atoms with Crippen LogP contribution in [0.25, 0.3) is 0 Å². The summed E-state index contributed by atoms with van der Waals surface area (Å²) in [6.45, 7) is 0.820. The van der Waals surface area contributed by atoms with Crippen LogP contribution in [0.5, 0.6) is 0 Å². The Kier molecular flexibility index (Phi) is 8.16. The number of hydrogen-bond acceptors (Lipinski definition) is 2. The highest BCUT2D eigenvalue weighted by molar-refractivity contribution is 5.27. The largest absolute Gasteiger partial charge is 0.416 e. The van der Waals surface area contributed by atoms with Crippen molar-refractivity contribution in [2.75, 3.05) is 6.61 Å². The molecule has 1 aromatic rings. The van der Waals surface area contributed by atoms with E-state index >= 15 is 0 Å². The van der Waals surface area contributed by atoms with Crippen LogP contribution in [-0.4, -0.2) is 12.7 Å². The molecule has 0 aromatic heterocycles. The lowest BCUT2D eigenvalue weighted by atomic mass is 9.81. The van der Waals surface area contributed by atoms with Gasteiger partial charge in [0.15, 0.2) is 0 Å². The summed E-state index contributed by atoms with van der Waals surface area (Å²) >= 11 is 0. The van der Waals surface area contributed by atoms with Crippen LogP contribution in [0, 0.1) is 23.2 Å². The van der Waals surface area contributed by atoms with Gasteiger partial charge < -0.3 is 4.74 Å². The number of hydrogen-bond donors (Lipinski definition) is 0. The van der Waals surface area contributed by atoms with Gasteiger partial charge in [0.1, 0.15) is 0 Å². The fourth-order valence-corrected chi connectivity index (χ4v) is 4.65. The Labute approximate surface area is 177 Å². The molecule has 0 amide bonds. The zero-order chi connectivity index (χ0) is 21.4. The molecule has 0 spiro atoms. The molecular weight excluding hydrogens is 387 g/mol. The summed E-state index contributed by atoms with van der Waals surface area (Å²) in [5.74, 6) is 1.56. The molecule has 0 unspecified atom stereocenters. The van der Waals surface area contributed by atoms with Crippen molar-refractivity contribution in [3.8, 4) is 6.07 Å². The monoisotopic (exact) mass is 417 g/mol. The highest BCUT2D eigenvalue weighted by atomic mass is 19.4. The summed E-state index contributed by atoms with van der Waals surface area (Å²) in [5, 5.41) is 8.49. The summed E-state index contributed by atoms with van der Waals surface area (Å²) < 4.78 is 44.4. The molecule has 1 aromatic carbocycles. The van der Waals surface area contributed by atoms with Crippen LogP contribution in [-0.2, 0) is 10.9 Å². The van der Waals surface area contributed by atoms with E-state index in [4.69, 9.17) is 10.00 Å². The van der Waals surface area contributed by atoms with Gasteiger partial charge in [-0.1, -0.05) is 30.4 Å². The topological polar surface area (TPSA) is 33.0 Å². The van der Waals surface area contributed by atoms with Crippen molar-refractivity contribution in [2.24, 2.45) is 11.8 Å². The number of nitrogens with zero attached hydrogens (tertiary/aromatic N) is 1. The van der Waals surface area contributed by atoms with Crippen LogP contribution in [0.3, 0.4) is 0 Å². The van der Waals surface area contributed by atoms with Crippen molar-refractivity contribution < 1.29 is 17.9 Å². The van der Waals surface area contributed by atoms with Gasteiger partial charge in [-0.3, -0.25) is 0 Å². The molecule has 30 heavy (non-hydrogen) atoms. The van der Waals surface area contributed by atoms with Gasteiger partial charge in [-0.2, -0.15) is 18.4 Å². The normalized spacial score (nSPS) is 28.1. The molecule has 0 heterocycles. The molecule has 0 radical (unpaired) electrons. The third-order valence-corrected chi connectivity index (χ3v) is 6.51. The van der Waals surface area contributed by atoms with E-state index < -0.39 is 11.7 Å². The predicted molar refractivity (Wildman–Crippen MR) is 112 cm³/mol. The SMILES string of the molecule is N#C/C=C/C=C/C1CCC(COC2CCC(c3ccc(C(F)(F)F)cc3)CC2)CC1. The maximum atomic E-state index is 12.7. The Bertz CT molecular complexity index is 744. The maximum Gasteiger partial charge on any atom is 0.416 e. The van der Waals surface area contributed by atoms with Crippen LogP contribution < -0.4 is 0 Å². The average Bonchev–Trinajstić information content (AvgIpc) is 2.76. The van der Waals surface area contributed by atoms with Crippen LogP contribution in [0.2, 0.25) is 0 Å². The average molecular weight is 418 g/mol. The van der Waals surface area contributed by atoms with Crippen LogP contribution in [0.15, 0.2) is 48.6 Å². The van der Waals surface area contributed by atoms with E-state index in [2.05, 4.69) is 6.08 Å². The van der Waals surface area contributed by atoms with Gasteiger partial charge >= 0.3 is 6.18 Å². The Morgan fingerprint density at radius 3 is 2.20 bits per heavy atom. The molecule has 5 heteroatoms. The third kappa shape index (κ3) is 6.74. The highest BCUT2D eigenvalue weighted by Crippen LogP contribution is 2.37. The van der Waals surface area contributed by atoms with Gasteiger partial charge in [0, 0.05) is 12.7 Å². The van der Waals surface area contributed by atoms with Gasteiger partial charge in [-0.15, -0.1) is 0 Å². The first-order chi connectivity index (χ1) is 14.5. The lowest BCUT2D eigenvalue weighted by Crippen LogP contribution is -2.25. The van der Waals surface area contributed by atoms with E-state index in [1.807, 2.05) is 12.1 Å². The fraction of sp³-hybridized carbons (Fsp3) is 0.560. The van der Waals surface area contributed by atoms with Crippen molar-refractivity contribution in [3.63, 3.8) is 0 Å². The van der Waals surface area contributed by atoms with E-state index in [0.717, 1.165) is 37.9 Å². The Balaban J connectivity index is 1.35. The summed E-state index contributed by atoms with van der Waals surface area (Å²) in [5.41, 5.74) is 0.435. The van der Waals surface area contributed by atoms with Crippen LogP contribution in [0.4, 0.5) is 13.2 Å². The number of rotatable bonds is 6.